The lowest BCUT2D eigenvalue weighted by molar-refractivity contribution is -0.0566. The molecule has 3 N–H and O–H groups in total. The fourth-order valence-electron chi connectivity index (χ4n) is 3.86. The van der Waals surface area contributed by atoms with Crippen LogP contribution in [0.25, 0.3) is 0 Å². The Balaban J connectivity index is 1.57. The topological polar surface area (TPSA) is 69.1 Å². The molecule has 1 aromatic rings. The number of aliphatic hydroxyl groups is 1. The Morgan fingerprint density at radius 1 is 1.41 bits per heavy atom. The average Bonchev–Trinajstić information content (AvgIpc) is 2.70. The fourth-order valence-corrected chi connectivity index (χ4v) is 4.08. The molecule has 162 valence electrons. The van der Waals surface area contributed by atoms with Gasteiger partial charge in [-0.3, -0.25) is 9.89 Å². The third kappa shape index (κ3) is 6.81. The van der Waals surface area contributed by atoms with E-state index in [1.807, 2.05) is 6.92 Å². The second kappa shape index (κ2) is 10.6. The Bertz CT molecular complexity index is 697. The van der Waals surface area contributed by atoms with E-state index >= 15 is 0 Å². The van der Waals surface area contributed by atoms with Gasteiger partial charge in [-0.05, 0) is 44.0 Å². The molecule has 0 aliphatic carbocycles. The highest BCUT2D eigenvalue weighted by molar-refractivity contribution is 6.31. The van der Waals surface area contributed by atoms with E-state index in [2.05, 4.69) is 20.5 Å². The number of benzene rings is 1. The van der Waals surface area contributed by atoms with Gasteiger partial charge in [0, 0.05) is 56.8 Å². The minimum Gasteiger partial charge on any atom is -0.388 e. The highest BCUT2D eigenvalue weighted by Gasteiger charge is 2.30. The Morgan fingerprint density at radius 2 is 2.21 bits per heavy atom. The molecule has 0 amide bonds. The van der Waals surface area contributed by atoms with Crippen LogP contribution in [0, 0.1) is 5.82 Å². The number of aliphatic imine (C=N–C) groups is 1. The minimum absolute atomic E-state index is 0.255. The highest BCUT2D eigenvalue weighted by Crippen LogP contribution is 2.22. The SMILES string of the molecule is CCNC(=NCC1(O)CCOCC1)NC1CCCN(Cc2ccc(F)cc2Cl)C1. The Labute approximate surface area is 177 Å². The monoisotopic (exact) mass is 426 g/mol. The maximum absolute atomic E-state index is 13.3. The normalized spacial score (nSPS) is 23.0. The molecule has 29 heavy (non-hydrogen) atoms. The Kier molecular flexibility index (Phi) is 8.12. The summed E-state index contributed by atoms with van der Waals surface area (Å²) in [6.07, 6.45) is 3.35. The lowest BCUT2D eigenvalue weighted by Gasteiger charge is -2.34. The molecule has 2 aliphatic heterocycles. The predicted octanol–water partition coefficient (Wildman–Crippen LogP) is 2.54. The molecule has 8 heteroatoms. The first-order chi connectivity index (χ1) is 14.0. The van der Waals surface area contributed by atoms with Crippen LogP contribution < -0.4 is 10.6 Å². The smallest absolute Gasteiger partial charge is 0.191 e. The van der Waals surface area contributed by atoms with E-state index in [0.29, 0.717) is 44.2 Å². The van der Waals surface area contributed by atoms with Gasteiger partial charge in [-0.1, -0.05) is 17.7 Å². The van der Waals surface area contributed by atoms with Gasteiger partial charge in [-0.15, -0.1) is 0 Å². The largest absolute Gasteiger partial charge is 0.388 e. The van der Waals surface area contributed by atoms with E-state index in [-0.39, 0.29) is 11.9 Å². The molecule has 0 saturated carbocycles. The van der Waals surface area contributed by atoms with Gasteiger partial charge in [-0.25, -0.2) is 4.39 Å². The van der Waals surface area contributed by atoms with Crippen LogP contribution in [0.15, 0.2) is 23.2 Å². The predicted molar refractivity (Wildman–Crippen MR) is 114 cm³/mol. The summed E-state index contributed by atoms with van der Waals surface area (Å²) in [6.45, 7) is 6.87. The van der Waals surface area contributed by atoms with Crippen LogP contribution in [0.3, 0.4) is 0 Å². The van der Waals surface area contributed by atoms with Crippen molar-refractivity contribution in [3.05, 3.63) is 34.6 Å². The minimum atomic E-state index is -0.779. The van der Waals surface area contributed by atoms with E-state index < -0.39 is 5.60 Å². The molecule has 3 rings (SSSR count). The van der Waals surface area contributed by atoms with Crippen LogP contribution in [0.2, 0.25) is 5.02 Å². The lowest BCUT2D eigenvalue weighted by Crippen LogP contribution is -2.51. The molecule has 0 spiro atoms. The van der Waals surface area contributed by atoms with Gasteiger partial charge >= 0.3 is 0 Å². The standard InChI is InChI=1S/C21H32ClFN4O2/c1-2-24-20(25-15-21(28)7-10-29-11-8-21)26-18-4-3-9-27(14-18)13-16-5-6-17(23)12-19(16)22/h5-6,12,18,28H,2-4,7-11,13-15H2,1H3,(H2,24,25,26). The molecule has 1 atom stereocenters. The number of likely N-dealkylation sites (tertiary alicyclic amines) is 1. The zero-order valence-corrected chi connectivity index (χ0v) is 17.8. The molecule has 2 aliphatic rings. The summed E-state index contributed by atoms with van der Waals surface area (Å²) in [5.74, 6) is 0.425. The summed E-state index contributed by atoms with van der Waals surface area (Å²) in [4.78, 5) is 6.97. The molecule has 2 saturated heterocycles. The summed E-state index contributed by atoms with van der Waals surface area (Å²) in [5.41, 5.74) is 0.162. The van der Waals surface area contributed by atoms with Gasteiger partial charge in [0.15, 0.2) is 5.96 Å². The number of hydrogen-bond acceptors (Lipinski definition) is 4. The zero-order chi connectivity index (χ0) is 20.7. The van der Waals surface area contributed by atoms with E-state index in [0.717, 1.165) is 44.0 Å². The van der Waals surface area contributed by atoms with Crippen molar-refractivity contribution in [2.45, 2.75) is 50.8 Å². The van der Waals surface area contributed by atoms with Crippen molar-refractivity contribution in [2.75, 3.05) is 39.4 Å². The molecular weight excluding hydrogens is 395 g/mol. The van der Waals surface area contributed by atoms with Crippen LogP contribution >= 0.6 is 11.6 Å². The Hall–Kier alpha value is -1.41. The Morgan fingerprint density at radius 3 is 2.93 bits per heavy atom. The molecule has 2 heterocycles. The van der Waals surface area contributed by atoms with Crippen molar-refractivity contribution in [2.24, 2.45) is 4.99 Å². The first-order valence-corrected chi connectivity index (χ1v) is 10.9. The molecule has 1 unspecified atom stereocenters. The number of nitrogens with one attached hydrogen (secondary N) is 2. The molecule has 0 radical (unpaired) electrons. The summed E-state index contributed by atoms with van der Waals surface area (Å²) in [7, 11) is 0. The van der Waals surface area contributed by atoms with Gasteiger partial charge in [0.05, 0.1) is 12.1 Å². The molecule has 6 nitrogen and oxygen atoms in total. The van der Waals surface area contributed by atoms with Crippen LogP contribution in [-0.2, 0) is 11.3 Å². The van der Waals surface area contributed by atoms with Gasteiger partial charge < -0.3 is 20.5 Å². The van der Waals surface area contributed by atoms with Crippen LogP contribution in [0.5, 0.6) is 0 Å². The molecule has 2 fully saturated rings. The van der Waals surface area contributed by atoms with Crippen LogP contribution in [0.4, 0.5) is 4.39 Å². The van der Waals surface area contributed by atoms with E-state index in [1.165, 1.54) is 12.1 Å². The average molecular weight is 427 g/mol. The second-order valence-electron chi connectivity index (χ2n) is 7.99. The maximum atomic E-state index is 13.3. The third-order valence-corrected chi connectivity index (χ3v) is 5.91. The van der Waals surface area contributed by atoms with Gasteiger partial charge in [0.1, 0.15) is 5.82 Å². The molecule has 0 bridgehead atoms. The lowest BCUT2D eigenvalue weighted by atomic mass is 9.95. The summed E-state index contributed by atoms with van der Waals surface area (Å²) >= 11 is 6.19. The van der Waals surface area contributed by atoms with Crippen molar-refractivity contribution in [3.63, 3.8) is 0 Å². The van der Waals surface area contributed by atoms with E-state index in [4.69, 9.17) is 16.3 Å². The molecular formula is C21H32ClFN4O2. The van der Waals surface area contributed by atoms with Crippen LogP contribution in [0.1, 0.15) is 38.2 Å². The highest BCUT2D eigenvalue weighted by atomic mass is 35.5. The number of guanidine groups is 1. The van der Waals surface area contributed by atoms with Gasteiger partial charge in [0.2, 0.25) is 0 Å². The first kappa shape index (κ1) is 22.3. The van der Waals surface area contributed by atoms with Crippen molar-refractivity contribution in [1.82, 2.24) is 15.5 Å². The fraction of sp³-hybridized carbons (Fsp3) is 0.667. The van der Waals surface area contributed by atoms with Crippen LogP contribution in [-0.4, -0.2) is 67.0 Å². The number of nitrogens with zero attached hydrogens (tertiary/aromatic N) is 2. The molecule has 1 aromatic carbocycles. The number of halogens is 2. The number of ether oxygens (including phenoxy) is 1. The summed E-state index contributed by atoms with van der Waals surface area (Å²) < 4.78 is 18.6. The van der Waals surface area contributed by atoms with Crippen molar-refractivity contribution in [3.8, 4) is 0 Å². The number of piperidine rings is 1. The van der Waals surface area contributed by atoms with Crippen molar-refractivity contribution < 1.29 is 14.2 Å². The third-order valence-electron chi connectivity index (χ3n) is 5.55. The second-order valence-corrected chi connectivity index (χ2v) is 8.39. The van der Waals surface area contributed by atoms with E-state index in [1.54, 1.807) is 6.07 Å². The summed E-state index contributed by atoms with van der Waals surface area (Å²) in [5, 5.41) is 17.9. The molecule has 0 aromatic heterocycles. The van der Waals surface area contributed by atoms with Gasteiger partial charge in [0.25, 0.3) is 0 Å². The van der Waals surface area contributed by atoms with Crippen molar-refractivity contribution in [1.29, 1.82) is 0 Å². The first-order valence-electron chi connectivity index (χ1n) is 10.5. The van der Waals surface area contributed by atoms with Crippen molar-refractivity contribution >= 4 is 17.6 Å². The van der Waals surface area contributed by atoms with E-state index in [9.17, 15) is 9.50 Å². The zero-order valence-electron chi connectivity index (χ0n) is 17.1. The maximum Gasteiger partial charge on any atom is 0.191 e. The summed E-state index contributed by atoms with van der Waals surface area (Å²) in [6, 6.07) is 4.84. The van der Waals surface area contributed by atoms with Gasteiger partial charge in [-0.2, -0.15) is 0 Å². The quantitative estimate of drug-likeness (QED) is 0.481. The number of rotatable bonds is 6. The number of hydrogen-bond donors (Lipinski definition) is 3.